The lowest BCUT2D eigenvalue weighted by molar-refractivity contribution is -0.118. The van der Waals surface area contributed by atoms with Crippen molar-refractivity contribution in [3.05, 3.63) is 12.0 Å². The van der Waals surface area contributed by atoms with Gasteiger partial charge >= 0.3 is 0 Å². The van der Waals surface area contributed by atoms with Crippen molar-refractivity contribution in [1.82, 2.24) is 15.3 Å². The van der Waals surface area contributed by atoms with Gasteiger partial charge < -0.3 is 11.1 Å². The Bertz CT molecular complexity index is 397. The van der Waals surface area contributed by atoms with Gasteiger partial charge in [0.1, 0.15) is 0 Å². The van der Waals surface area contributed by atoms with Crippen LogP contribution in [0.25, 0.3) is 0 Å². The van der Waals surface area contributed by atoms with Gasteiger partial charge in [-0.1, -0.05) is 0 Å². The Morgan fingerprint density at radius 2 is 2.40 bits per heavy atom. The summed E-state index contributed by atoms with van der Waals surface area (Å²) in [6, 6.07) is 0. The SMILES string of the molecule is Nc1ncc(F)c(N2CCNCC2=O)n1. The van der Waals surface area contributed by atoms with Gasteiger partial charge in [0.15, 0.2) is 11.6 Å². The second-order valence-electron chi connectivity index (χ2n) is 3.12. The van der Waals surface area contributed by atoms with E-state index in [0.29, 0.717) is 13.1 Å². The number of hydrogen-bond acceptors (Lipinski definition) is 5. The molecule has 2 heterocycles. The number of rotatable bonds is 1. The summed E-state index contributed by atoms with van der Waals surface area (Å²) in [5, 5.41) is 2.88. The summed E-state index contributed by atoms with van der Waals surface area (Å²) in [5.74, 6) is -0.954. The van der Waals surface area contributed by atoms with Crippen LogP contribution in [0.1, 0.15) is 0 Å². The van der Waals surface area contributed by atoms with Gasteiger partial charge in [-0.3, -0.25) is 9.69 Å². The summed E-state index contributed by atoms with van der Waals surface area (Å²) in [6.45, 7) is 1.17. The molecule has 0 aromatic carbocycles. The van der Waals surface area contributed by atoms with Crippen molar-refractivity contribution in [2.75, 3.05) is 30.3 Å². The minimum Gasteiger partial charge on any atom is -0.368 e. The van der Waals surface area contributed by atoms with E-state index in [2.05, 4.69) is 15.3 Å². The topological polar surface area (TPSA) is 84.1 Å². The van der Waals surface area contributed by atoms with Gasteiger partial charge in [0, 0.05) is 13.1 Å². The van der Waals surface area contributed by atoms with Crippen LogP contribution in [0.2, 0.25) is 0 Å². The molecule has 1 aromatic rings. The van der Waals surface area contributed by atoms with Gasteiger partial charge in [0.05, 0.1) is 12.7 Å². The molecule has 2 rings (SSSR count). The molecule has 0 saturated carbocycles. The van der Waals surface area contributed by atoms with E-state index < -0.39 is 5.82 Å². The summed E-state index contributed by atoms with van der Waals surface area (Å²) >= 11 is 0. The maximum Gasteiger partial charge on any atom is 0.242 e. The predicted molar refractivity (Wildman–Crippen MR) is 51.6 cm³/mol. The molecule has 15 heavy (non-hydrogen) atoms. The first kappa shape index (κ1) is 9.78. The molecule has 0 unspecified atom stereocenters. The molecule has 0 spiro atoms. The lowest BCUT2D eigenvalue weighted by atomic mass is 10.3. The van der Waals surface area contributed by atoms with Gasteiger partial charge in [0.2, 0.25) is 11.9 Å². The minimum absolute atomic E-state index is 0.0438. The van der Waals surface area contributed by atoms with E-state index in [0.717, 1.165) is 6.20 Å². The van der Waals surface area contributed by atoms with Crippen molar-refractivity contribution in [1.29, 1.82) is 0 Å². The second kappa shape index (κ2) is 3.77. The molecular formula is C8H10FN5O. The predicted octanol–water partition coefficient (Wildman–Crippen LogP) is -0.866. The van der Waals surface area contributed by atoms with Crippen LogP contribution < -0.4 is 16.0 Å². The van der Waals surface area contributed by atoms with Gasteiger partial charge in [0.25, 0.3) is 0 Å². The highest BCUT2D eigenvalue weighted by molar-refractivity contribution is 5.94. The van der Waals surface area contributed by atoms with E-state index in [9.17, 15) is 9.18 Å². The zero-order valence-corrected chi connectivity index (χ0v) is 7.90. The molecule has 80 valence electrons. The summed E-state index contributed by atoms with van der Waals surface area (Å²) in [5.41, 5.74) is 5.34. The third-order valence-corrected chi connectivity index (χ3v) is 2.09. The molecule has 0 atom stereocenters. The molecule has 0 bridgehead atoms. The Morgan fingerprint density at radius 3 is 3.13 bits per heavy atom. The highest BCUT2D eigenvalue weighted by atomic mass is 19.1. The lowest BCUT2D eigenvalue weighted by Crippen LogP contribution is -2.48. The zero-order chi connectivity index (χ0) is 10.8. The highest BCUT2D eigenvalue weighted by Crippen LogP contribution is 2.16. The van der Waals surface area contributed by atoms with E-state index in [-0.39, 0.29) is 24.2 Å². The molecule has 1 aromatic heterocycles. The van der Waals surface area contributed by atoms with Gasteiger partial charge in [-0.25, -0.2) is 9.37 Å². The zero-order valence-electron chi connectivity index (χ0n) is 7.90. The van der Waals surface area contributed by atoms with Gasteiger partial charge in [-0.15, -0.1) is 0 Å². The number of nitrogens with two attached hydrogens (primary N) is 1. The van der Waals surface area contributed by atoms with Crippen LogP contribution >= 0.6 is 0 Å². The highest BCUT2D eigenvalue weighted by Gasteiger charge is 2.23. The number of halogens is 1. The Balaban J connectivity index is 2.34. The summed E-state index contributed by atoms with van der Waals surface area (Å²) in [4.78, 5) is 19.9. The van der Waals surface area contributed by atoms with E-state index in [1.807, 2.05) is 0 Å². The van der Waals surface area contributed by atoms with Crippen molar-refractivity contribution in [3.8, 4) is 0 Å². The maximum absolute atomic E-state index is 13.3. The van der Waals surface area contributed by atoms with E-state index in [1.165, 1.54) is 4.90 Å². The fourth-order valence-electron chi connectivity index (χ4n) is 1.39. The largest absolute Gasteiger partial charge is 0.368 e. The molecule has 1 fully saturated rings. The molecule has 1 aliphatic rings. The number of piperazine rings is 1. The number of amides is 1. The van der Waals surface area contributed by atoms with Crippen molar-refractivity contribution < 1.29 is 9.18 Å². The quantitative estimate of drug-likeness (QED) is 0.631. The number of carbonyl (C=O) groups excluding carboxylic acids is 1. The molecule has 3 N–H and O–H groups in total. The van der Waals surface area contributed by atoms with Crippen molar-refractivity contribution in [3.63, 3.8) is 0 Å². The van der Waals surface area contributed by atoms with Crippen molar-refractivity contribution >= 4 is 17.7 Å². The van der Waals surface area contributed by atoms with Gasteiger partial charge in [-0.2, -0.15) is 4.98 Å². The number of nitrogen functional groups attached to an aromatic ring is 1. The maximum atomic E-state index is 13.3. The molecule has 1 saturated heterocycles. The monoisotopic (exact) mass is 211 g/mol. The smallest absolute Gasteiger partial charge is 0.242 e. The third-order valence-electron chi connectivity index (χ3n) is 2.09. The number of carbonyl (C=O) groups is 1. The second-order valence-corrected chi connectivity index (χ2v) is 3.12. The summed E-state index contributed by atoms with van der Waals surface area (Å²) in [6.07, 6.45) is 0.965. The molecule has 7 heteroatoms. The molecule has 1 amide bonds. The van der Waals surface area contributed by atoms with E-state index in [4.69, 9.17) is 5.73 Å². The van der Waals surface area contributed by atoms with Crippen LogP contribution in [0.3, 0.4) is 0 Å². The molecule has 0 radical (unpaired) electrons. The van der Waals surface area contributed by atoms with E-state index >= 15 is 0 Å². The van der Waals surface area contributed by atoms with Crippen LogP contribution in [-0.4, -0.2) is 35.5 Å². The Morgan fingerprint density at radius 1 is 1.60 bits per heavy atom. The number of anilines is 2. The first-order valence-electron chi connectivity index (χ1n) is 4.47. The van der Waals surface area contributed by atoms with Crippen LogP contribution in [0, 0.1) is 5.82 Å². The first-order valence-corrected chi connectivity index (χ1v) is 4.47. The van der Waals surface area contributed by atoms with Crippen molar-refractivity contribution in [2.45, 2.75) is 0 Å². The van der Waals surface area contributed by atoms with E-state index in [1.54, 1.807) is 0 Å². The van der Waals surface area contributed by atoms with Crippen molar-refractivity contribution in [2.24, 2.45) is 0 Å². The fourth-order valence-corrected chi connectivity index (χ4v) is 1.39. The first-order chi connectivity index (χ1) is 7.18. The molecule has 1 aliphatic heterocycles. The normalized spacial score (nSPS) is 16.9. The van der Waals surface area contributed by atoms with Gasteiger partial charge in [-0.05, 0) is 0 Å². The standard InChI is InChI=1S/C8H10FN5O/c9-5-3-12-8(10)13-7(5)14-2-1-11-4-6(14)15/h3,11H,1-2,4H2,(H2,10,12,13). The Kier molecular flexibility index (Phi) is 2.46. The molecule has 6 nitrogen and oxygen atoms in total. The molecular weight excluding hydrogens is 201 g/mol. The summed E-state index contributed by atoms with van der Waals surface area (Å²) in [7, 11) is 0. The fraction of sp³-hybridized carbons (Fsp3) is 0.375. The van der Waals surface area contributed by atoms with Crippen LogP contribution in [0.5, 0.6) is 0 Å². The average Bonchev–Trinajstić information content (AvgIpc) is 2.23. The minimum atomic E-state index is -0.639. The number of nitrogens with zero attached hydrogens (tertiary/aromatic N) is 3. The van der Waals surface area contributed by atoms with Crippen LogP contribution in [0.4, 0.5) is 16.2 Å². The average molecular weight is 211 g/mol. The Labute approximate surface area is 85.3 Å². The number of aromatic nitrogens is 2. The van der Waals surface area contributed by atoms with Crippen LogP contribution in [0.15, 0.2) is 6.20 Å². The Hall–Kier alpha value is -1.76. The summed E-state index contributed by atoms with van der Waals surface area (Å²) < 4.78 is 13.3. The lowest BCUT2D eigenvalue weighted by Gasteiger charge is -2.26. The third kappa shape index (κ3) is 1.86. The molecule has 0 aliphatic carbocycles. The van der Waals surface area contributed by atoms with Crippen LogP contribution in [-0.2, 0) is 4.79 Å². The number of nitrogens with one attached hydrogen (secondary N) is 1. The number of hydrogen-bond donors (Lipinski definition) is 2.